The van der Waals surface area contributed by atoms with E-state index in [4.69, 9.17) is 4.84 Å². The van der Waals surface area contributed by atoms with Crippen LogP contribution in [0.4, 0.5) is 4.79 Å². The molecule has 2 bridgehead atoms. The summed E-state index contributed by atoms with van der Waals surface area (Å²) in [4.78, 5) is 33.2. The van der Waals surface area contributed by atoms with Crippen molar-refractivity contribution in [1.82, 2.24) is 15.3 Å². The number of carbonyl (C=O) groups is 2. The van der Waals surface area contributed by atoms with Crippen molar-refractivity contribution in [3.05, 3.63) is 12.7 Å². The standard InChI is InChI=1S/C18H28BrN3O3/c1-2-11-25-22-15-12-21(18(22)24)16(17(23)20-10-9-19)14-8-6-4-3-5-7-13(14)15/h2,13-16H,1,3-12H2,(H,20,23)/t13?,14?,15?,16-/m0/s1. The Morgan fingerprint density at radius 2 is 2.00 bits per heavy atom. The zero-order valence-corrected chi connectivity index (χ0v) is 16.2. The third-order valence-corrected chi connectivity index (χ3v) is 6.12. The quantitative estimate of drug-likeness (QED) is 0.537. The number of nitrogens with one attached hydrogen (secondary N) is 1. The number of urea groups is 1. The summed E-state index contributed by atoms with van der Waals surface area (Å²) in [5.74, 6) is 0.524. The molecule has 0 aromatic heterocycles. The summed E-state index contributed by atoms with van der Waals surface area (Å²) in [6, 6.07) is -0.489. The van der Waals surface area contributed by atoms with Crippen molar-refractivity contribution < 1.29 is 14.4 Å². The molecule has 0 aromatic rings. The van der Waals surface area contributed by atoms with Gasteiger partial charge in [0.1, 0.15) is 6.04 Å². The number of carbonyl (C=O) groups excluding carboxylic acids is 2. The Balaban J connectivity index is 1.87. The molecule has 0 aromatic carbocycles. The Labute approximate surface area is 158 Å². The van der Waals surface area contributed by atoms with Crippen LogP contribution in [0.5, 0.6) is 0 Å². The summed E-state index contributed by atoms with van der Waals surface area (Å²) < 4.78 is 0. The van der Waals surface area contributed by atoms with Crippen LogP contribution in [0.3, 0.4) is 0 Å². The number of piperidine rings is 1. The minimum absolute atomic E-state index is 0.0209. The first-order valence-electron chi connectivity index (χ1n) is 9.36. The summed E-state index contributed by atoms with van der Waals surface area (Å²) in [5.41, 5.74) is 0. The van der Waals surface area contributed by atoms with Crippen molar-refractivity contribution >= 4 is 27.9 Å². The van der Waals surface area contributed by atoms with Crippen LogP contribution < -0.4 is 5.32 Å². The Morgan fingerprint density at radius 3 is 2.68 bits per heavy atom. The number of halogens is 1. The van der Waals surface area contributed by atoms with Gasteiger partial charge in [-0.25, -0.2) is 4.79 Å². The van der Waals surface area contributed by atoms with Gasteiger partial charge >= 0.3 is 6.03 Å². The fraction of sp³-hybridized carbons (Fsp3) is 0.778. The van der Waals surface area contributed by atoms with Gasteiger partial charge in [-0.15, -0.1) is 6.58 Å². The molecule has 3 amide bonds. The molecule has 3 aliphatic rings. The van der Waals surface area contributed by atoms with E-state index in [1.807, 2.05) is 0 Å². The highest BCUT2D eigenvalue weighted by Crippen LogP contribution is 2.44. The maximum atomic E-state index is 12.9. The van der Waals surface area contributed by atoms with Crippen LogP contribution in [-0.4, -0.2) is 59.0 Å². The topological polar surface area (TPSA) is 61.9 Å². The van der Waals surface area contributed by atoms with E-state index >= 15 is 0 Å². The van der Waals surface area contributed by atoms with Gasteiger partial charge in [0.15, 0.2) is 0 Å². The summed E-state index contributed by atoms with van der Waals surface area (Å²) in [5, 5.41) is 5.22. The molecule has 25 heavy (non-hydrogen) atoms. The predicted octanol–water partition coefficient (Wildman–Crippen LogP) is 2.69. The van der Waals surface area contributed by atoms with Gasteiger partial charge < -0.3 is 10.2 Å². The number of alkyl halides is 1. The number of amides is 3. The number of hydrogen-bond donors (Lipinski definition) is 1. The first kappa shape index (κ1) is 18.7. The zero-order chi connectivity index (χ0) is 17.8. The number of fused-ring (bicyclic) bond motifs is 4. The molecule has 1 aliphatic carbocycles. The van der Waals surface area contributed by atoms with Crippen molar-refractivity contribution in [2.75, 3.05) is 25.0 Å². The van der Waals surface area contributed by atoms with Gasteiger partial charge in [0, 0.05) is 18.4 Å². The van der Waals surface area contributed by atoms with Gasteiger partial charge in [-0.3, -0.25) is 9.63 Å². The molecule has 2 heterocycles. The number of rotatable bonds is 6. The molecule has 7 heteroatoms. The summed E-state index contributed by atoms with van der Waals surface area (Å²) in [6.07, 6.45) is 8.47. The lowest BCUT2D eigenvalue weighted by Gasteiger charge is -2.43. The second kappa shape index (κ2) is 8.54. The minimum Gasteiger partial charge on any atom is -0.353 e. The number of hydrogen-bond acceptors (Lipinski definition) is 3. The molecule has 0 radical (unpaired) electrons. The largest absolute Gasteiger partial charge is 0.353 e. The van der Waals surface area contributed by atoms with Crippen molar-refractivity contribution in [2.45, 2.75) is 50.6 Å². The van der Waals surface area contributed by atoms with E-state index in [0.29, 0.717) is 30.9 Å². The molecule has 4 atom stereocenters. The average molecular weight is 414 g/mol. The van der Waals surface area contributed by atoms with Crippen molar-refractivity contribution in [3.63, 3.8) is 0 Å². The van der Waals surface area contributed by atoms with Crippen LogP contribution in [0, 0.1) is 11.8 Å². The number of hydroxylamine groups is 2. The molecule has 0 spiro atoms. The normalized spacial score (nSPS) is 32.0. The highest BCUT2D eigenvalue weighted by atomic mass is 79.9. The molecular weight excluding hydrogens is 386 g/mol. The van der Waals surface area contributed by atoms with Crippen molar-refractivity contribution in [1.29, 1.82) is 0 Å². The highest BCUT2D eigenvalue weighted by Gasteiger charge is 2.56. The zero-order valence-electron chi connectivity index (χ0n) is 14.7. The maximum Gasteiger partial charge on any atom is 0.345 e. The van der Waals surface area contributed by atoms with Crippen LogP contribution >= 0.6 is 15.9 Å². The Hall–Kier alpha value is -1.08. The van der Waals surface area contributed by atoms with Crippen LogP contribution in [0.2, 0.25) is 0 Å². The second-order valence-corrected chi connectivity index (χ2v) is 7.95. The van der Waals surface area contributed by atoms with Crippen LogP contribution in [-0.2, 0) is 9.63 Å². The lowest BCUT2D eigenvalue weighted by atomic mass is 9.71. The molecule has 6 nitrogen and oxygen atoms in total. The molecule has 2 aliphatic heterocycles. The van der Waals surface area contributed by atoms with E-state index in [1.165, 1.54) is 17.9 Å². The van der Waals surface area contributed by atoms with Gasteiger partial charge in [-0.1, -0.05) is 47.7 Å². The molecule has 3 unspecified atom stereocenters. The summed E-state index contributed by atoms with van der Waals surface area (Å²) >= 11 is 3.35. The minimum atomic E-state index is -0.372. The van der Waals surface area contributed by atoms with Crippen molar-refractivity contribution in [2.24, 2.45) is 11.8 Å². The van der Waals surface area contributed by atoms with E-state index in [2.05, 4.69) is 27.8 Å². The molecule has 3 fully saturated rings. The molecule has 1 N–H and O–H groups in total. The molecule has 140 valence electrons. The van der Waals surface area contributed by atoms with E-state index in [1.54, 1.807) is 11.0 Å². The highest BCUT2D eigenvalue weighted by molar-refractivity contribution is 9.09. The lowest BCUT2D eigenvalue weighted by molar-refractivity contribution is -0.139. The average Bonchev–Trinajstić information content (AvgIpc) is 2.86. The second-order valence-electron chi connectivity index (χ2n) is 7.16. The fourth-order valence-electron chi connectivity index (χ4n) is 4.70. The number of nitrogens with zero attached hydrogens (tertiary/aromatic N) is 2. The molecule has 2 saturated heterocycles. The molecule has 1 saturated carbocycles. The summed E-state index contributed by atoms with van der Waals surface area (Å²) in [6.45, 7) is 5.15. The monoisotopic (exact) mass is 413 g/mol. The predicted molar refractivity (Wildman–Crippen MR) is 99.2 cm³/mol. The first-order valence-corrected chi connectivity index (χ1v) is 10.5. The SMILES string of the molecule is C=CCON1C(=O)N2CC1C1CCCCCCC1[C@H]2C(=O)NCCBr. The van der Waals surface area contributed by atoms with E-state index in [9.17, 15) is 9.59 Å². The maximum absolute atomic E-state index is 12.9. The third-order valence-electron chi connectivity index (χ3n) is 5.72. The van der Waals surface area contributed by atoms with Crippen LogP contribution in [0.15, 0.2) is 12.7 Å². The Kier molecular flexibility index (Phi) is 6.39. The smallest absolute Gasteiger partial charge is 0.345 e. The Morgan fingerprint density at radius 1 is 1.28 bits per heavy atom. The van der Waals surface area contributed by atoms with Gasteiger partial charge in [0.25, 0.3) is 0 Å². The Bertz CT molecular complexity index is 516. The van der Waals surface area contributed by atoms with E-state index < -0.39 is 0 Å². The van der Waals surface area contributed by atoms with Gasteiger partial charge in [0.2, 0.25) is 5.91 Å². The van der Waals surface area contributed by atoms with Gasteiger partial charge in [-0.2, -0.15) is 5.06 Å². The molecular formula is C18H28BrN3O3. The summed E-state index contributed by atoms with van der Waals surface area (Å²) in [7, 11) is 0. The van der Waals surface area contributed by atoms with Crippen molar-refractivity contribution in [3.8, 4) is 0 Å². The lowest BCUT2D eigenvalue weighted by Crippen LogP contribution is -2.57. The first-order chi connectivity index (χ1) is 12.2. The van der Waals surface area contributed by atoms with E-state index in [0.717, 1.165) is 25.7 Å². The third kappa shape index (κ3) is 3.72. The molecule has 3 rings (SSSR count). The van der Waals surface area contributed by atoms with Gasteiger partial charge in [-0.05, 0) is 24.7 Å². The van der Waals surface area contributed by atoms with E-state index in [-0.39, 0.29) is 29.9 Å². The fourth-order valence-corrected chi connectivity index (χ4v) is 4.90. The van der Waals surface area contributed by atoms with Gasteiger partial charge in [0.05, 0.1) is 12.6 Å². The van der Waals surface area contributed by atoms with Crippen LogP contribution in [0.1, 0.15) is 38.5 Å². The van der Waals surface area contributed by atoms with Crippen LogP contribution in [0.25, 0.3) is 0 Å².